The van der Waals surface area contributed by atoms with E-state index in [0.717, 1.165) is 12.2 Å². The van der Waals surface area contributed by atoms with Crippen molar-refractivity contribution >= 4 is 18.0 Å². The number of hydrogen-bond donors (Lipinski definition) is 1. The van der Waals surface area contributed by atoms with Crippen molar-refractivity contribution in [3.05, 3.63) is 12.2 Å². The van der Waals surface area contributed by atoms with Gasteiger partial charge in [0, 0.05) is 25.7 Å². The fraction of sp³-hybridized carbons (Fsp3) is 0.615. The molecular weight excluding hydrogens is 264 g/mol. The second kappa shape index (κ2) is 9.82. The first-order valence-corrected chi connectivity index (χ1v) is 6.44. The van der Waals surface area contributed by atoms with Crippen LogP contribution in [-0.2, 0) is 19.1 Å². The van der Waals surface area contributed by atoms with Crippen molar-refractivity contribution in [1.82, 2.24) is 10.2 Å². The number of rotatable bonds is 7. The molecular formula is C13H22N2O5. The standard InChI is InChI=1S/C13H22N2O5/c1-5-14-13(18)15(4)10(3)9-20-12(17)8-7-11(16)19-6-2/h7-8,10H,5-6,9H2,1-4H3,(H,14,18)/b8-7+/t10-/m0/s1. The second-order valence-electron chi connectivity index (χ2n) is 4.01. The van der Waals surface area contributed by atoms with Gasteiger partial charge < -0.3 is 19.7 Å². The van der Waals surface area contributed by atoms with E-state index in [1.165, 1.54) is 4.90 Å². The molecule has 0 rings (SSSR count). The molecule has 0 aliphatic heterocycles. The SMILES string of the molecule is CCNC(=O)N(C)[C@@H](C)COC(=O)/C=C/C(=O)OCC. The molecule has 0 aromatic rings. The van der Waals surface area contributed by atoms with Crippen LogP contribution < -0.4 is 5.32 Å². The molecule has 0 aromatic heterocycles. The van der Waals surface area contributed by atoms with Crippen molar-refractivity contribution in [2.24, 2.45) is 0 Å². The van der Waals surface area contributed by atoms with Crippen molar-refractivity contribution in [2.45, 2.75) is 26.8 Å². The molecule has 0 radical (unpaired) electrons. The number of nitrogens with one attached hydrogen (secondary N) is 1. The number of carbonyl (C=O) groups is 3. The topological polar surface area (TPSA) is 84.9 Å². The van der Waals surface area contributed by atoms with Gasteiger partial charge in [0.1, 0.15) is 6.61 Å². The normalized spacial score (nSPS) is 11.8. The molecule has 0 unspecified atom stereocenters. The maximum Gasteiger partial charge on any atom is 0.331 e. The van der Waals surface area contributed by atoms with Crippen LogP contribution in [0.3, 0.4) is 0 Å². The van der Waals surface area contributed by atoms with Gasteiger partial charge in [-0.1, -0.05) is 0 Å². The van der Waals surface area contributed by atoms with E-state index in [2.05, 4.69) is 10.1 Å². The van der Waals surface area contributed by atoms with Crippen molar-refractivity contribution in [3.63, 3.8) is 0 Å². The molecule has 0 saturated heterocycles. The van der Waals surface area contributed by atoms with Gasteiger partial charge in [0.15, 0.2) is 0 Å². The van der Waals surface area contributed by atoms with Gasteiger partial charge in [-0.3, -0.25) is 0 Å². The molecule has 0 heterocycles. The van der Waals surface area contributed by atoms with Crippen molar-refractivity contribution < 1.29 is 23.9 Å². The molecule has 1 N–H and O–H groups in total. The first-order valence-electron chi connectivity index (χ1n) is 6.44. The van der Waals surface area contributed by atoms with Gasteiger partial charge in [-0.2, -0.15) is 0 Å². The highest BCUT2D eigenvalue weighted by Crippen LogP contribution is 1.98. The molecule has 1 atom stereocenters. The average Bonchev–Trinajstić information content (AvgIpc) is 2.42. The molecule has 0 fully saturated rings. The number of nitrogens with zero attached hydrogens (tertiary/aromatic N) is 1. The first-order chi connectivity index (χ1) is 9.42. The van der Waals surface area contributed by atoms with Crippen molar-refractivity contribution in [2.75, 3.05) is 26.8 Å². The minimum atomic E-state index is -0.658. The summed E-state index contributed by atoms with van der Waals surface area (Å²) in [6.45, 7) is 6.04. The van der Waals surface area contributed by atoms with E-state index in [4.69, 9.17) is 4.74 Å². The maximum atomic E-state index is 11.5. The predicted octanol–water partition coefficient (Wildman–Crippen LogP) is 0.699. The molecule has 0 saturated carbocycles. The quantitative estimate of drug-likeness (QED) is 0.550. The highest BCUT2D eigenvalue weighted by Gasteiger charge is 2.16. The highest BCUT2D eigenvalue weighted by atomic mass is 16.5. The molecule has 2 amide bonds. The average molecular weight is 286 g/mol. The summed E-state index contributed by atoms with van der Waals surface area (Å²) in [4.78, 5) is 35.3. The summed E-state index contributed by atoms with van der Waals surface area (Å²) in [5.41, 5.74) is 0. The zero-order valence-corrected chi connectivity index (χ0v) is 12.3. The predicted molar refractivity (Wildman–Crippen MR) is 73.0 cm³/mol. The highest BCUT2D eigenvalue weighted by molar-refractivity contribution is 5.91. The molecule has 7 nitrogen and oxygen atoms in total. The van der Waals surface area contributed by atoms with Crippen LogP contribution in [0.4, 0.5) is 4.79 Å². The summed E-state index contributed by atoms with van der Waals surface area (Å²) in [5.74, 6) is -1.26. The number of urea groups is 1. The van der Waals surface area contributed by atoms with E-state index >= 15 is 0 Å². The number of hydrogen-bond acceptors (Lipinski definition) is 5. The molecule has 114 valence electrons. The third-order valence-electron chi connectivity index (χ3n) is 2.42. The summed E-state index contributed by atoms with van der Waals surface area (Å²) in [6, 6.07) is -0.514. The Kier molecular flexibility index (Phi) is 8.82. The van der Waals surface area contributed by atoms with Crippen LogP contribution in [0.25, 0.3) is 0 Å². The van der Waals surface area contributed by atoms with Crippen LogP contribution in [-0.4, -0.2) is 55.7 Å². The molecule has 0 spiro atoms. The Morgan fingerprint density at radius 3 is 2.20 bits per heavy atom. The van der Waals surface area contributed by atoms with Crippen molar-refractivity contribution in [3.8, 4) is 0 Å². The lowest BCUT2D eigenvalue weighted by atomic mass is 10.3. The van der Waals surface area contributed by atoms with Gasteiger partial charge in [-0.15, -0.1) is 0 Å². The van der Waals surface area contributed by atoms with Gasteiger partial charge in [0.2, 0.25) is 0 Å². The van der Waals surface area contributed by atoms with Gasteiger partial charge in [0.05, 0.1) is 12.6 Å². The van der Waals surface area contributed by atoms with Crippen LogP contribution in [0.15, 0.2) is 12.2 Å². The summed E-state index contributed by atoms with van der Waals surface area (Å²) < 4.78 is 9.55. The van der Waals surface area contributed by atoms with E-state index in [9.17, 15) is 14.4 Å². The minimum Gasteiger partial charge on any atom is -0.463 e. The van der Waals surface area contributed by atoms with Gasteiger partial charge in [-0.05, 0) is 20.8 Å². The lowest BCUT2D eigenvalue weighted by molar-refractivity contribution is -0.141. The molecule has 20 heavy (non-hydrogen) atoms. The molecule has 0 aromatic carbocycles. The van der Waals surface area contributed by atoms with Crippen LogP contribution in [0, 0.1) is 0 Å². The van der Waals surface area contributed by atoms with Gasteiger partial charge in [0.25, 0.3) is 0 Å². The molecule has 7 heteroatoms. The van der Waals surface area contributed by atoms with E-state index in [-0.39, 0.29) is 25.3 Å². The van der Waals surface area contributed by atoms with Gasteiger partial charge >= 0.3 is 18.0 Å². The Hall–Kier alpha value is -2.05. The number of likely N-dealkylation sites (N-methyl/N-ethyl adjacent to an activating group) is 1. The summed E-state index contributed by atoms with van der Waals surface area (Å²) in [6.07, 6.45) is 2.00. The third-order valence-corrected chi connectivity index (χ3v) is 2.42. The lowest BCUT2D eigenvalue weighted by Gasteiger charge is -2.24. The minimum absolute atomic E-state index is 0.0413. The Morgan fingerprint density at radius 2 is 1.70 bits per heavy atom. The van der Waals surface area contributed by atoms with Crippen LogP contribution in [0.1, 0.15) is 20.8 Å². The summed E-state index contributed by atoms with van der Waals surface area (Å²) >= 11 is 0. The van der Waals surface area contributed by atoms with Crippen molar-refractivity contribution in [1.29, 1.82) is 0 Å². The maximum absolute atomic E-state index is 11.5. The first kappa shape index (κ1) is 17.9. The van der Waals surface area contributed by atoms with Crippen LogP contribution in [0.2, 0.25) is 0 Å². The third kappa shape index (κ3) is 7.40. The molecule has 0 aliphatic rings. The zero-order valence-electron chi connectivity index (χ0n) is 12.3. The smallest absolute Gasteiger partial charge is 0.331 e. The van der Waals surface area contributed by atoms with E-state index in [1.54, 1.807) is 20.9 Å². The molecule has 0 aliphatic carbocycles. The largest absolute Gasteiger partial charge is 0.463 e. The van der Waals surface area contributed by atoms with Crippen LogP contribution >= 0.6 is 0 Å². The molecule has 0 bridgehead atoms. The van der Waals surface area contributed by atoms with Crippen LogP contribution in [0.5, 0.6) is 0 Å². The summed E-state index contributed by atoms with van der Waals surface area (Å²) in [7, 11) is 1.61. The number of ether oxygens (including phenoxy) is 2. The zero-order chi connectivity index (χ0) is 15.5. The van der Waals surface area contributed by atoms with E-state index in [0.29, 0.717) is 6.54 Å². The Bertz CT molecular complexity index is 368. The fourth-order valence-corrected chi connectivity index (χ4v) is 1.17. The fourth-order valence-electron chi connectivity index (χ4n) is 1.17. The number of amides is 2. The summed E-state index contributed by atoms with van der Waals surface area (Å²) in [5, 5.41) is 2.64. The number of esters is 2. The Labute approximate surface area is 118 Å². The Balaban J connectivity index is 4.11. The second-order valence-corrected chi connectivity index (χ2v) is 4.01. The Morgan fingerprint density at radius 1 is 1.15 bits per heavy atom. The lowest BCUT2D eigenvalue weighted by Crippen LogP contribution is -2.44. The van der Waals surface area contributed by atoms with E-state index in [1.807, 2.05) is 6.92 Å². The monoisotopic (exact) mass is 286 g/mol. The van der Waals surface area contributed by atoms with Gasteiger partial charge in [-0.25, -0.2) is 14.4 Å². The number of carbonyl (C=O) groups excluding carboxylic acids is 3. The van der Waals surface area contributed by atoms with E-state index < -0.39 is 11.9 Å².